The predicted octanol–water partition coefficient (Wildman–Crippen LogP) is 1.89. The van der Waals surface area contributed by atoms with Crippen LogP contribution in [-0.4, -0.2) is 49.3 Å². The van der Waals surface area contributed by atoms with Crippen molar-refractivity contribution < 1.29 is 23.8 Å². The van der Waals surface area contributed by atoms with Gasteiger partial charge in [0.1, 0.15) is 12.4 Å². The number of nitrogens with one attached hydrogen (secondary N) is 1. The van der Waals surface area contributed by atoms with Gasteiger partial charge in [-0.1, -0.05) is 0 Å². The Hall–Kier alpha value is -2.57. The van der Waals surface area contributed by atoms with E-state index in [4.69, 9.17) is 9.84 Å². The molecule has 0 atom stereocenters. The fraction of sp³-hybridized carbons (Fsp3) is 0.286. The van der Waals surface area contributed by atoms with Crippen LogP contribution in [0.2, 0.25) is 0 Å². The van der Waals surface area contributed by atoms with Crippen LogP contribution in [0.4, 0.5) is 9.18 Å². The minimum absolute atomic E-state index is 0.0856. The fourth-order valence-corrected chi connectivity index (χ4v) is 1.44. The van der Waals surface area contributed by atoms with Crippen molar-refractivity contribution in [1.82, 2.24) is 10.2 Å². The van der Waals surface area contributed by atoms with E-state index in [-0.39, 0.29) is 24.6 Å². The minimum atomic E-state index is -1.24. The molecular weight excluding hydrogens is 279 g/mol. The summed E-state index contributed by atoms with van der Waals surface area (Å²) >= 11 is 0. The molecule has 1 rings (SSSR count). The summed E-state index contributed by atoms with van der Waals surface area (Å²) in [5, 5.41) is 10.5. The van der Waals surface area contributed by atoms with Gasteiger partial charge in [0, 0.05) is 31.8 Å². The molecule has 0 bridgehead atoms. The molecule has 2 amide bonds. The monoisotopic (exact) mass is 296 g/mol. The highest BCUT2D eigenvalue weighted by Gasteiger charge is 2.08. The van der Waals surface area contributed by atoms with Gasteiger partial charge < -0.3 is 20.1 Å². The third-order valence-electron chi connectivity index (χ3n) is 2.55. The van der Waals surface area contributed by atoms with E-state index in [1.807, 2.05) is 5.32 Å². The van der Waals surface area contributed by atoms with Crippen LogP contribution in [0.15, 0.2) is 36.2 Å². The average Bonchev–Trinajstić information content (AvgIpc) is 2.47. The van der Waals surface area contributed by atoms with Crippen LogP contribution in [0.1, 0.15) is 10.4 Å². The summed E-state index contributed by atoms with van der Waals surface area (Å²) in [6, 6.07) is 6.40. The van der Waals surface area contributed by atoms with Gasteiger partial charge in [-0.05, 0) is 24.3 Å². The van der Waals surface area contributed by atoms with Gasteiger partial charge in [-0.2, -0.15) is 0 Å². The van der Waals surface area contributed by atoms with Gasteiger partial charge in [0.2, 0.25) is 0 Å². The Bertz CT molecular complexity index is 526. The Morgan fingerprint density at radius 3 is 2.43 bits per heavy atom. The van der Waals surface area contributed by atoms with Crippen LogP contribution in [0.25, 0.3) is 0 Å². The quantitative estimate of drug-likeness (QED) is 0.840. The van der Waals surface area contributed by atoms with E-state index in [0.29, 0.717) is 17.6 Å². The predicted molar refractivity (Wildman–Crippen MR) is 75.2 cm³/mol. The van der Waals surface area contributed by atoms with Crippen molar-refractivity contribution in [3.05, 3.63) is 41.7 Å². The zero-order chi connectivity index (χ0) is 15.8. The summed E-state index contributed by atoms with van der Waals surface area (Å²) in [7, 11) is 3.31. The highest BCUT2D eigenvalue weighted by Crippen LogP contribution is 2.14. The molecule has 0 spiro atoms. The van der Waals surface area contributed by atoms with Crippen LogP contribution in [0.5, 0.6) is 5.75 Å². The van der Waals surface area contributed by atoms with Crippen molar-refractivity contribution >= 4 is 12.0 Å². The molecule has 0 aliphatic carbocycles. The molecular formula is C14H17FN2O4. The number of carboxylic acid groups (broad SMARTS) is 1. The van der Waals surface area contributed by atoms with E-state index in [0.717, 1.165) is 0 Å². The summed E-state index contributed by atoms with van der Waals surface area (Å²) in [5.41, 5.74) is 0.673. The first kappa shape index (κ1) is 16.5. The van der Waals surface area contributed by atoms with E-state index < -0.39 is 6.09 Å². The topological polar surface area (TPSA) is 78.9 Å². The number of halogens is 1. The van der Waals surface area contributed by atoms with Gasteiger partial charge >= 0.3 is 6.09 Å². The number of carbonyl (C=O) groups is 2. The Balaban J connectivity index is 2.56. The van der Waals surface area contributed by atoms with Crippen molar-refractivity contribution in [2.24, 2.45) is 0 Å². The van der Waals surface area contributed by atoms with Crippen LogP contribution >= 0.6 is 0 Å². The molecule has 0 fully saturated rings. The Morgan fingerprint density at radius 1 is 1.33 bits per heavy atom. The molecule has 0 saturated heterocycles. The second kappa shape index (κ2) is 7.88. The lowest BCUT2D eigenvalue weighted by Crippen LogP contribution is -2.25. The average molecular weight is 296 g/mol. The van der Waals surface area contributed by atoms with Gasteiger partial charge in [0.25, 0.3) is 5.91 Å². The number of rotatable bonds is 6. The first-order valence-corrected chi connectivity index (χ1v) is 6.13. The zero-order valence-electron chi connectivity index (χ0n) is 11.8. The number of hydrogen-bond acceptors (Lipinski definition) is 3. The standard InChI is InChI=1S/C14H17FN2O4/c1-17(2)13(18)11-3-5-12(6-4-11)21-9-10(7-15)8-16-14(19)20/h3-7,16H,8-9H2,1-2H3,(H,19,20)/b10-7-. The fourth-order valence-electron chi connectivity index (χ4n) is 1.44. The highest BCUT2D eigenvalue weighted by atomic mass is 19.1. The van der Waals surface area contributed by atoms with Crippen LogP contribution in [0.3, 0.4) is 0 Å². The van der Waals surface area contributed by atoms with Gasteiger partial charge in [-0.25, -0.2) is 9.18 Å². The molecule has 6 nitrogen and oxygen atoms in total. The number of nitrogens with zero attached hydrogens (tertiary/aromatic N) is 1. The molecule has 0 aliphatic heterocycles. The van der Waals surface area contributed by atoms with E-state index in [2.05, 4.69) is 0 Å². The summed E-state index contributed by atoms with van der Waals surface area (Å²) in [4.78, 5) is 23.4. The van der Waals surface area contributed by atoms with Gasteiger partial charge in [0.05, 0.1) is 6.33 Å². The highest BCUT2D eigenvalue weighted by molar-refractivity contribution is 5.93. The number of ether oxygens (including phenoxy) is 1. The van der Waals surface area contributed by atoms with Gasteiger partial charge in [-0.3, -0.25) is 4.79 Å². The molecule has 0 unspecified atom stereocenters. The van der Waals surface area contributed by atoms with E-state index in [9.17, 15) is 14.0 Å². The molecule has 114 valence electrons. The number of carbonyl (C=O) groups excluding carboxylic acids is 1. The molecule has 7 heteroatoms. The van der Waals surface area contributed by atoms with Gasteiger partial charge in [-0.15, -0.1) is 0 Å². The summed E-state index contributed by atoms with van der Waals surface area (Å²) in [6.07, 6.45) is -0.930. The maximum atomic E-state index is 12.5. The molecule has 1 aromatic rings. The first-order chi connectivity index (χ1) is 9.93. The maximum absolute atomic E-state index is 12.5. The van der Waals surface area contributed by atoms with Crippen molar-refractivity contribution in [3.63, 3.8) is 0 Å². The lowest BCUT2D eigenvalue weighted by atomic mass is 10.2. The zero-order valence-corrected chi connectivity index (χ0v) is 11.8. The Kier molecular flexibility index (Phi) is 6.19. The second-order valence-electron chi connectivity index (χ2n) is 4.44. The van der Waals surface area contributed by atoms with Crippen LogP contribution < -0.4 is 10.1 Å². The molecule has 1 aromatic carbocycles. The molecule has 21 heavy (non-hydrogen) atoms. The SMILES string of the molecule is CN(C)C(=O)c1ccc(OC/C(=C\F)CNC(=O)O)cc1. The van der Waals surface area contributed by atoms with E-state index >= 15 is 0 Å². The lowest BCUT2D eigenvalue weighted by molar-refractivity contribution is 0.0827. The minimum Gasteiger partial charge on any atom is -0.489 e. The summed E-state index contributed by atoms with van der Waals surface area (Å²) < 4.78 is 17.9. The van der Waals surface area contributed by atoms with Crippen molar-refractivity contribution in [2.75, 3.05) is 27.2 Å². The van der Waals surface area contributed by atoms with Crippen molar-refractivity contribution in [3.8, 4) is 5.75 Å². The largest absolute Gasteiger partial charge is 0.489 e. The van der Waals surface area contributed by atoms with E-state index in [1.54, 1.807) is 38.4 Å². The normalized spacial score (nSPS) is 10.9. The Labute approximate surface area is 121 Å². The first-order valence-electron chi connectivity index (χ1n) is 6.13. The van der Waals surface area contributed by atoms with Crippen LogP contribution in [-0.2, 0) is 0 Å². The number of benzene rings is 1. The molecule has 2 N–H and O–H groups in total. The summed E-state index contributed by atoms with van der Waals surface area (Å²) in [5.74, 6) is 0.330. The Morgan fingerprint density at radius 2 is 1.95 bits per heavy atom. The molecule has 0 saturated carbocycles. The third-order valence-corrected chi connectivity index (χ3v) is 2.55. The smallest absolute Gasteiger partial charge is 0.404 e. The molecule has 0 radical (unpaired) electrons. The van der Waals surface area contributed by atoms with Gasteiger partial charge in [0.15, 0.2) is 0 Å². The van der Waals surface area contributed by atoms with Crippen molar-refractivity contribution in [1.29, 1.82) is 0 Å². The van der Waals surface area contributed by atoms with E-state index in [1.165, 1.54) is 4.90 Å². The van der Waals surface area contributed by atoms with Crippen molar-refractivity contribution in [2.45, 2.75) is 0 Å². The third kappa shape index (κ3) is 5.52. The number of hydrogen-bond donors (Lipinski definition) is 2. The lowest BCUT2D eigenvalue weighted by Gasteiger charge is -2.11. The molecule has 0 aliphatic rings. The molecule has 0 heterocycles. The maximum Gasteiger partial charge on any atom is 0.404 e. The second-order valence-corrected chi connectivity index (χ2v) is 4.44. The summed E-state index contributed by atoms with van der Waals surface area (Å²) in [6.45, 7) is -0.235. The van der Waals surface area contributed by atoms with Crippen LogP contribution in [0, 0.1) is 0 Å². The molecule has 0 aromatic heterocycles. The number of amides is 2.